The number of ether oxygens (including phenoxy) is 1. The van der Waals surface area contributed by atoms with E-state index in [4.69, 9.17) is 4.74 Å². The van der Waals surface area contributed by atoms with Gasteiger partial charge in [-0.25, -0.2) is 0 Å². The van der Waals surface area contributed by atoms with E-state index in [-0.39, 0.29) is 5.91 Å². The van der Waals surface area contributed by atoms with Crippen molar-refractivity contribution in [1.29, 1.82) is 0 Å². The van der Waals surface area contributed by atoms with Gasteiger partial charge in [-0.2, -0.15) is 0 Å². The van der Waals surface area contributed by atoms with Gasteiger partial charge in [0, 0.05) is 12.1 Å². The maximum atomic E-state index is 12.1. The Bertz CT molecular complexity index is 471. The van der Waals surface area contributed by atoms with Crippen molar-refractivity contribution >= 4 is 5.91 Å². The number of likely N-dealkylation sites (tertiary alicyclic amines) is 1. The van der Waals surface area contributed by atoms with E-state index in [1.165, 1.54) is 12.8 Å². The lowest BCUT2D eigenvalue weighted by molar-refractivity contribution is -0.122. The molecule has 0 radical (unpaired) electrons. The number of methoxy groups -OCH3 is 1. The van der Waals surface area contributed by atoms with Crippen LogP contribution in [0.15, 0.2) is 24.3 Å². The molecule has 1 amide bonds. The first-order chi connectivity index (χ1) is 10.7. The topological polar surface area (TPSA) is 53.6 Å². The number of amides is 1. The fourth-order valence-corrected chi connectivity index (χ4v) is 2.94. The first-order valence-electron chi connectivity index (χ1n) is 7.98. The summed E-state index contributed by atoms with van der Waals surface area (Å²) in [6.07, 6.45) is 2.33. The van der Waals surface area contributed by atoms with E-state index >= 15 is 0 Å². The Hall–Kier alpha value is -1.59. The Morgan fingerprint density at radius 3 is 2.73 bits per heavy atom. The Kier molecular flexibility index (Phi) is 6.68. The summed E-state index contributed by atoms with van der Waals surface area (Å²) in [7, 11) is 3.65. The predicted octanol–water partition coefficient (Wildman–Crippen LogP) is 1.24. The molecule has 2 N–H and O–H groups in total. The van der Waals surface area contributed by atoms with Gasteiger partial charge in [-0.05, 0) is 51.5 Å². The molecule has 2 rings (SSSR count). The van der Waals surface area contributed by atoms with Crippen molar-refractivity contribution < 1.29 is 9.53 Å². The van der Waals surface area contributed by atoms with E-state index in [9.17, 15) is 4.79 Å². The van der Waals surface area contributed by atoms with Gasteiger partial charge in [0.1, 0.15) is 5.75 Å². The van der Waals surface area contributed by atoms with E-state index in [1.807, 2.05) is 31.3 Å². The summed E-state index contributed by atoms with van der Waals surface area (Å²) in [5, 5.41) is 6.22. The molecule has 5 heteroatoms. The van der Waals surface area contributed by atoms with Crippen LogP contribution in [0.25, 0.3) is 0 Å². The highest BCUT2D eigenvalue weighted by molar-refractivity contribution is 5.78. The van der Waals surface area contributed by atoms with Crippen LogP contribution in [0.5, 0.6) is 5.75 Å². The number of para-hydroxylation sites is 1. The van der Waals surface area contributed by atoms with Gasteiger partial charge < -0.3 is 15.4 Å². The lowest BCUT2D eigenvalue weighted by atomic mass is 9.97. The molecule has 1 saturated heterocycles. The van der Waals surface area contributed by atoms with Crippen molar-refractivity contribution in [3.8, 4) is 5.75 Å². The molecule has 22 heavy (non-hydrogen) atoms. The Balaban J connectivity index is 1.72. The minimum absolute atomic E-state index is 0.0815. The van der Waals surface area contributed by atoms with Crippen molar-refractivity contribution in [1.82, 2.24) is 15.5 Å². The fraction of sp³-hybridized carbons (Fsp3) is 0.588. The van der Waals surface area contributed by atoms with Crippen LogP contribution in [0.2, 0.25) is 0 Å². The quantitative estimate of drug-likeness (QED) is 0.796. The average molecular weight is 305 g/mol. The minimum Gasteiger partial charge on any atom is -0.496 e. The van der Waals surface area contributed by atoms with Gasteiger partial charge in [-0.1, -0.05) is 18.2 Å². The average Bonchev–Trinajstić information content (AvgIpc) is 2.55. The van der Waals surface area contributed by atoms with E-state index < -0.39 is 0 Å². The molecule has 0 atom stereocenters. The molecule has 1 aromatic rings. The Morgan fingerprint density at radius 1 is 1.32 bits per heavy atom. The number of carbonyl (C=O) groups excluding carboxylic acids is 1. The number of rotatable bonds is 7. The molecule has 1 aliphatic heterocycles. The number of carbonyl (C=O) groups is 1. The number of nitrogens with one attached hydrogen (secondary N) is 2. The Morgan fingerprint density at radius 2 is 2.05 bits per heavy atom. The number of hydrogen-bond acceptors (Lipinski definition) is 4. The molecule has 1 fully saturated rings. The van der Waals surface area contributed by atoms with Crippen molar-refractivity contribution in [3.63, 3.8) is 0 Å². The van der Waals surface area contributed by atoms with Gasteiger partial charge in [-0.15, -0.1) is 0 Å². The monoisotopic (exact) mass is 305 g/mol. The maximum absolute atomic E-state index is 12.1. The molecule has 122 valence electrons. The number of hydrogen-bond donors (Lipinski definition) is 2. The highest BCUT2D eigenvalue weighted by Gasteiger charge is 2.20. The first kappa shape index (κ1) is 16.8. The Labute approximate surface area is 133 Å². The van der Waals surface area contributed by atoms with Gasteiger partial charge in [0.25, 0.3) is 0 Å². The summed E-state index contributed by atoms with van der Waals surface area (Å²) in [6, 6.07) is 7.77. The first-order valence-corrected chi connectivity index (χ1v) is 7.98. The minimum atomic E-state index is 0.0815. The summed E-state index contributed by atoms with van der Waals surface area (Å²) in [5.41, 5.74) is 1.01. The standard InChI is InChI=1S/C17H27N3O2/c1-18-11-14-7-9-20(10-8-14)13-17(21)19-12-15-5-3-4-6-16(15)22-2/h3-6,14,18H,7-13H2,1-2H3,(H,19,21). The van der Waals surface area contributed by atoms with Gasteiger partial charge in [0.2, 0.25) is 5.91 Å². The molecule has 5 nitrogen and oxygen atoms in total. The zero-order valence-corrected chi connectivity index (χ0v) is 13.6. The van der Waals surface area contributed by atoms with Crippen molar-refractivity contribution in [3.05, 3.63) is 29.8 Å². The summed E-state index contributed by atoms with van der Waals surface area (Å²) in [4.78, 5) is 14.3. The third kappa shape index (κ3) is 5.00. The molecule has 0 spiro atoms. The number of benzene rings is 1. The summed E-state index contributed by atoms with van der Waals surface area (Å²) >= 11 is 0. The third-order valence-electron chi connectivity index (χ3n) is 4.24. The number of piperidine rings is 1. The van der Waals surface area contributed by atoms with Crippen molar-refractivity contribution in [2.75, 3.05) is 40.3 Å². The van der Waals surface area contributed by atoms with E-state index in [1.54, 1.807) is 7.11 Å². The maximum Gasteiger partial charge on any atom is 0.234 e. The zero-order valence-electron chi connectivity index (χ0n) is 13.6. The normalized spacial score (nSPS) is 16.5. The SMILES string of the molecule is CNCC1CCN(CC(=O)NCc2ccccc2OC)CC1. The molecule has 0 unspecified atom stereocenters. The lowest BCUT2D eigenvalue weighted by Crippen LogP contribution is -2.42. The molecule has 1 aromatic carbocycles. The van der Waals surface area contributed by atoms with Crippen LogP contribution in [-0.4, -0.2) is 51.1 Å². The van der Waals surface area contributed by atoms with E-state index in [2.05, 4.69) is 15.5 Å². The van der Waals surface area contributed by atoms with Crippen molar-refractivity contribution in [2.45, 2.75) is 19.4 Å². The summed E-state index contributed by atoms with van der Waals surface area (Å²) in [5.74, 6) is 1.64. The van der Waals surface area contributed by atoms with Crippen LogP contribution in [0.3, 0.4) is 0 Å². The molecule has 0 saturated carbocycles. The van der Waals surface area contributed by atoms with Crippen LogP contribution < -0.4 is 15.4 Å². The second-order valence-corrected chi connectivity index (χ2v) is 5.87. The number of nitrogens with zero attached hydrogens (tertiary/aromatic N) is 1. The molecule has 0 bridgehead atoms. The zero-order chi connectivity index (χ0) is 15.8. The van der Waals surface area contributed by atoms with E-state index in [0.29, 0.717) is 13.1 Å². The largest absolute Gasteiger partial charge is 0.496 e. The van der Waals surface area contributed by atoms with Crippen LogP contribution >= 0.6 is 0 Å². The van der Waals surface area contributed by atoms with Gasteiger partial charge >= 0.3 is 0 Å². The van der Waals surface area contributed by atoms with E-state index in [0.717, 1.165) is 36.9 Å². The lowest BCUT2D eigenvalue weighted by Gasteiger charge is -2.31. The molecule has 0 aromatic heterocycles. The summed E-state index contributed by atoms with van der Waals surface area (Å²) in [6.45, 7) is 4.09. The molecular formula is C17H27N3O2. The molecule has 1 aliphatic rings. The fourth-order valence-electron chi connectivity index (χ4n) is 2.94. The van der Waals surface area contributed by atoms with Crippen molar-refractivity contribution in [2.24, 2.45) is 5.92 Å². The molecular weight excluding hydrogens is 278 g/mol. The smallest absolute Gasteiger partial charge is 0.234 e. The third-order valence-corrected chi connectivity index (χ3v) is 4.24. The predicted molar refractivity (Wildman–Crippen MR) is 87.9 cm³/mol. The van der Waals surface area contributed by atoms with Crippen LogP contribution in [0.4, 0.5) is 0 Å². The van der Waals surface area contributed by atoms with Crippen LogP contribution in [0, 0.1) is 5.92 Å². The second kappa shape index (κ2) is 8.76. The van der Waals surface area contributed by atoms with Crippen LogP contribution in [-0.2, 0) is 11.3 Å². The highest BCUT2D eigenvalue weighted by atomic mass is 16.5. The second-order valence-electron chi connectivity index (χ2n) is 5.87. The summed E-state index contributed by atoms with van der Waals surface area (Å²) < 4.78 is 5.29. The highest BCUT2D eigenvalue weighted by Crippen LogP contribution is 2.17. The van der Waals surface area contributed by atoms with Gasteiger partial charge in [-0.3, -0.25) is 9.69 Å². The van der Waals surface area contributed by atoms with Gasteiger partial charge in [0.05, 0.1) is 13.7 Å². The molecule has 1 heterocycles. The molecule has 0 aliphatic carbocycles. The van der Waals surface area contributed by atoms with Gasteiger partial charge in [0.15, 0.2) is 0 Å². The van der Waals surface area contributed by atoms with Crippen LogP contribution in [0.1, 0.15) is 18.4 Å².